The highest BCUT2D eigenvalue weighted by molar-refractivity contribution is 5.87. The van der Waals surface area contributed by atoms with Crippen molar-refractivity contribution in [3.63, 3.8) is 0 Å². The van der Waals surface area contributed by atoms with E-state index < -0.39 is 12.1 Å². The molecule has 0 saturated carbocycles. The van der Waals surface area contributed by atoms with Crippen molar-refractivity contribution in [2.24, 2.45) is 0 Å². The molecule has 12 heteroatoms. The van der Waals surface area contributed by atoms with E-state index in [1.807, 2.05) is 54.5 Å². The van der Waals surface area contributed by atoms with Gasteiger partial charge in [0.1, 0.15) is 17.7 Å². The first-order chi connectivity index (χ1) is 26.8. The summed E-state index contributed by atoms with van der Waals surface area (Å²) in [5, 5.41) is 2.72. The molecular formula is C43H50N8O4. The predicted octanol–water partition coefficient (Wildman–Crippen LogP) is 7.29. The van der Waals surface area contributed by atoms with Crippen molar-refractivity contribution >= 4 is 17.9 Å². The second-order valence-electron chi connectivity index (χ2n) is 14.3. The molecule has 4 atom stereocenters. The first-order valence-electron chi connectivity index (χ1n) is 19.3. The summed E-state index contributed by atoms with van der Waals surface area (Å²) in [7, 11) is 1.29. The molecule has 3 N–H and O–H groups in total. The zero-order chi connectivity index (χ0) is 38.5. The van der Waals surface area contributed by atoms with Gasteiger partial charge in [0.15, 0.2) is 0 Å². The van der Waals surface area contributed by atoms with Crippen molar-refractivity contribution in [1.82, 2.24) is 40.0 Å². The van der Waals surface area contributed by atoms with Crippen LogP contribution in [-0.4, -0.2) is 91.9 Å². The first kappa shape index (κ1) is 37.6. The lowest BCUT2D eigenvalue weighted by atomic mass is 10.0. The smallest absolute Gasteiger partial charge is 0.407 e. The summed E-state index contributed by atoms with van der Waals surface area (Å²) in [6.07, 6.45) is 6.50. The molecule has 286 valence electrons. The third-order valence-corrected chi connectivity index (χ3v) is 11.2. The number of methoxy groups -OCH3 is 1. The number of amides is 3. The van der Waals surface area contributed by atoms with Gasteiger partial charge in [-0.15, -0.1) is 0 Å². The fourth-order valence-corrected chi connectivity index (χ4v) is 8.06. The summed E-state index contributed by atoms with van der Waals surface area (Å²) in [5.74, 6) is 1.53. The van der Waals surface area contributed by atoms with Crippen molar-refractivity contribution < 1.29 is 19.1 Å². The van der Waals surface area contributed by atoms with Gasteiger partial charge in [0, 0.05) is 13.1 Å². The molecule has 0 radical (unpaired) electrons. The normalized spacial score (nSPS) is 18.1. The van der Waals surface area contributed by atoms with E-state index in [1.54, 1.807) is 4.90 Å². The number of aromatic amines is 2. The molecule has 5 aromatic rings. The molecule has 7 rings (SSSR count). The fraction of sp³-hybridized carbons (Fsp3) is 0.372. The number of nitrogens with one attached hydrogen (secondary N) is 3. The van der Waals surface area contributed by atoms with Crippen LogP contribution in [0.4, 0.5) is 4.79 Å². The summed E-state index contributed by atoms with van der Waals surface area (Å²) in [5.41, 5.74) is 6.68. The molecule has 2 fully saturated rings. The SMILES string of the molecule is CCN(CC)[C@H](C)C(=O)N1CCC[C@H]1c1ncc(-c2ccc(-c3ccc(-c4cnc([C@@H]5CCCN5C(=O)[C@H](NC(=O)OC)c5ccccc5)[nH]4)cc3)cc2)[nH]1. The lowest BCUT2D eigenvalue weighted by Gasteiger charge is -2.31. The second-order valence-corrected chi connectivity index (χ2v) is 14.3. The molecule has 3 amide bonds. The fourth-order valence-electron chi connectivity index (χ4n) is 8.06. The van der Waals surface area contributed by atoms with Crippen LogP contribution in [0.3, 0.4) is 0 Å². The van der Waals surface area contributed by atoms with Crippen LogP contribution in [-0.2, 0) is 14.3 Å². The van der Waals surface area contributed by atoms with E-state index in [9.17, 15) is 14.4 Å². The van der Waals surface area contributed by atoms with Crippen molar-refractivity contribution in [3.8, 4) is 33.6 Å². The lowest BCUT2D eigenvalue weighted by Crippen LogP contribution is -2.46. The first-order valence-corrected chi connectivity index (χ1v) is 19.3. The molecule has 55 heavy (non-hydrogen) atoms. The molecule has 0 aliphatic carbocycles. The maximum atomic E-state index is 13.9. The van der Waals surface area contributed by atoms with Crippen LogP contribution in [0.5, 0.6) is 0 Å². The molecule has 0 spiro atoms. The molecule has 2 saturated heterocycles. The van der Waals surface area contributed by atoms with E-state index in [0.29, 0.717) is 17.9 Å². The Kier molecular flexibility index (Phi) is 11.4. The highest BCUT2D eigenvalue weighted by Gasteiger charge is 2.38. The third kappa shape index (κ3) is 7.91. The number of hydrogen-bond acceptors (Lipinski definition) is 7. The number of hydrogen-bond donors (Lipinski definition) is 3. The maximum absolute atomic E-state index is 13.9. The summed E-state index contributed by atoms with van der Waals surface area (Å²) in [6.45, 7) is 9.22. The summed E-state index contributed by atoms with van der Waals surface area (Å²) in [6, 6.07) is 24.7. The Balaban J connectivity index is 1.01. The van der Waals surface area contributed by atoms with E-state index in [2.05, 4.69) is 82.6 Å². The lowest BCUT2D eigenvalue weighted by molar-refractivity contribution is -0.137. The number of H-pyrrole nitrogens is 2. The maximum Gasteiger partial charge on any atom is 0.407 e. The highest BCUT2D eigenvalue weighted by atomic mass is 16.5. The van der Waals surface area contributed by atoms with Gasteiger partial charge in [-0.25, -0.2) is 14.8 Å². The number of carbonyl (C=O) groups is 3. The van der Waals surface area contributed by atoms with E-state index in [4.69, 9.17) is 14.7 Å². The van der Waals surface area contributed by atoms with Gasteiger partial charge < -0.3 is 29.8 Å². The number of likely N-dealkylation sites (tertiary alicyclic amines) is 2. The van der Waals surface area contributed by atoms with Gasteiger partial charge in [0.05, 0.1) is 49.0 Å². The standard InChI is InChI=1S/C43H50N8O4/c1-5-49(6-2)28(3)41(52)50-24-10-14-36(50)39-44-26-34(46-39)31-20-16-29(17-21-31)30-18-22-32(23-19-30)35-27-45-40(47-35)37-15-11-25-51(37)42(53)38(48-43(54)55-4)33-12-8-7-9-13-33/h7-9,12-13,16-23,26-28,36-38H,5-6,10-11,14-15,24-25H2,1-4H3,(H,44,46)(H,45,47)(H,48,54)/t28-,36+,37+,38-/m1/s1. The van der Waals surface area contributed by atoms with Crippen molar-refractivity contribution in [2.75, 3.05) is 33.3 Å². The van der Waals surface area contributed by atoms with E-state index in [1.165, 1.54) is 7.11 Å². The van der Waals surface area contributed by atoms with Crippen LogP contribution in [0.1, 0.15) is 81.8 Å². The van der Waals surface area contributed by atoms with Crippen LogP contribution in [0.25, 0.3) is 33.6 Å². The topological polar surface area (TPSA) is 140 Å². The number of ether oxygens (including phenoxy) is 1. The molecule has 0 unspecified atom stereocenters. The highest BCUT2D eigenvalue weighted by Crippen LogP contribution is 2.36. The Morgan fingerprint density at radius 2 is 1.22 bits per heavy atom. The van der Waals surface area contributed by atoms with Crippen LogP contribution in [0.2, 0.25) is 0 Å². The van der Waals surface area contributed by atoms with E-state index >= 15 is 0 Å². The number of imidazole rings is 2. The quantitative estimate of drug-likeness (QED) is 0.122. The van der Waals surface area contributed by atoms with Gasteiger partial charge in [-0.1, -0.05) is 92.7 Å². The average Bonchev–Trinajstić information content (AvgIpc) is 4.07. The summed E-state index contributed by atoms with van der Waals surface area (Å²) in [4.78, 5) is 61.9. The Morgan fingerprint density at radius 3 is 1.69 bits per heavy atom. The molecule has 2 aliphatic heterocycles. The van der Waals surface area contributed by atoms with Gasteiger partial charge >= 0.3 is 6.09 Å². The van der Waals surface area contributed by atoms with Crippen LogP contribution < -0.4 is 5.32 Å². The summed E-state index contributed by atoms with van der Waals surface area (Å²) >= 11 is 0. The second kappa shape index (κ2) is 16.7. The van der Waals surface area contributed by atoms with Gasteiger partial charge in [0.2, 0.25) is 5.91 Å². The van der Waals surface area contributed by atoms with E-state index in [-0.39, 0.29) is 29.9 Å². The molecular weight excluding hydrogens is 693 g/mol. The van der Waals surface area contributed by atoms with Gasteiger partial charge in [0.25, 0.3) is 5.91 Å². The van der Waals surface area contributed by atoms with Crippen LogP contribution >= 0.6 is 0 Å². The zero-order valence-electron chi connectivity index (χ0n) is 32.0. The van der Waals surface area contributed by atoms with Crippen molar-refractivity contribution in [1.29, 1.82) is 0 Å². The number of benzene rings is 3. The minimum absolute atomic E-state index is 0.0371. The average molecular weight is 743 g/mol. The third-order valence-electron chi connectivity index (χ3n) is 11.2. The Bertz CT molecular complexity index is 2070. The number of aromatic nitrogens is 4. The largest absolute Gasteiger partial charge is 0.453 e. The number of rotatable bonds is 12. The van der Waals surface area contributed by atoms with Crippen LogP contribution in [0.15, 0.2) is 91.3 Å². The molecule has 2 aliphatic rings. The van der Waals surface area contributed by atoms with Crippen LogP contribution in [0, 0.1) is 0 Å². The Labute approximate surface area is 322 Å². The molecule has 4 heterocycles. The molecule has 3 aromatic carbocycles. The minimum atomic E-state index is -0.867. The number of alkyl carbamates (subject to hydrolysis) is 1. The Morgan fingerprint density at radius 1 is 0.745 bits per heavy atom. The predicted molar refractivity (Wildman–Crippen MR) is 212 cm³/mol. The number of likely N-dealkylation sites (N-methyl/N-ethyl adjacent to an activating group) is 1. The summed E-state index contributed by atoms with van der Waals surface area (Å²) < 4.78 is 4.83. The number of carbonyl (C=O) groups excluding carboxylic acids is 3. The zero-order valence-corrected chi connectivity index (χ0v) is 32.0. The molecule has 2 aromatic heterocycles. The monoisotopic (exact) mass is 742 g/mol. The van der Waals surface area contributed by atoms with Gasteiger partial charge in [-0.2, -0.15) is 0 Å². The van der Waals surface area contributed by atoms with Crippen molar-refractivity contribution in [2.45, 2.75) is 70.6 Å². The Hall–Kier alpha value is -5.75. The van der Waals surface area contributed by atoms with Crippen molar-refractivity contribution in [3.05, 3.63) is 108 Å². The molecule has 0 bridgehead atoms. The van der Waals surface area contributed by atoms with Gasteiger partial charge in [-0.05, 0) is 73.5 Å². The van der Waals surface area contributed by atoms with E-state index in [0.717, 1.165) is 84.8 Å². The number of nitrogens with zero attached hydrogens (tertiary/aromatic N) is 5. The van der Waals surface area contributed by atoms with Gasteiger partial charge in [-0.3, -0.25) is 14.5 Å². The molecule has 12 nitrogen and oxygen atoms in total. The minimum Gasteiger partial charge on any atom is -0.453 e.